The molecule has 1 aromatic carbocycles. The second-order valence-electron chi connectivity index (χ2n) is 2.24. The third-order valence-corrected chi connectivity index (χ3v) is 1.82. The molecule has 1 nitrogen and oxygen atoms in total. The van der Waals surface area contributed by atoms with Crippen LogP contribution in [0.4, 0.5) is 0 Å². The Labute approximate surface area is 81.7 Å². The summed E-state index contributed by atoms with van der Waals surface area (Å²) in [7, 11) is 2.07. The van der Waals surface area contributed by atoms with Gasteiger partial charge in [0.25, 0.3) is 0 Å². The Hall–Kier alpha value is -0.0500. The van der Waals surface area contributed by atoms with Gasteiger partial charge >= 0.3 is 0 Å². The van der Waals surface area contributed by atoms with Crippen LogP contribution in [0.15, 0.2) is 28.7 Å². The molecule has 0 amide bonds. The summed E-state index contributed by atoms with van der Waals surface area (Å²) in [4.78, 5) is 0. The maximum atomic E-state index is 3.42. The van der Waals surface area contributed by atoms with Gasteiger partial charge in [-0.1, -0.05) is 28.1 Å². The van der Waals surface area contributed by atoms with E-state index in [-0.39, 0.29) is 12.4 Å². The van der Waals surface area contributed by atoms with Crippen LogP contribution in [-0.2, 0) is 6.54 Å². The number of benzene rings is 1. The third-order valence-electron chi connectivity index (χ3n) is 1.33. The number of halogens is 2. The molecule has 2 N–H and O–H groups in total. The molecule has 0 saturated carbocycles. The van der Waals surface area contributed by atoms with E-state index in [0.29, 0.717) is 0 Å². The summed E-state index contributed by atoms with van der Waals surface area (Å²) in [6.45, 7) is 1.06. The summed E-state index contributed by atoms with van der Waals surface area (Å²) >= 11 is 3.42. The first kappa shape index (κ1) is 11.0. The molecular formula is C8H11BrClN. The lowest BCUT2D eigenvalue weighted by molar-refractivity contribution is -0.643. The Bertz CT molecular complexity index is 215. The molecule has 0 radical (unpaired) electrons. The molecule has 0 aliphatic heterocycles. The highest BCUT2D eigenvalue weighted by atomic mass is 79.9. The van der Waals surface area contributed by atoms with Crippen molar-refractivity contribution in [2.75, 3.05) is 7.05 Å². The van der Waals surface area contributed by atoms with Gasteiger partial charge in [0, 0.05) is 10.0 Å². The lowest BCUT2D eigenvalue weighted by atomic mass is 10.2. The highest BCUT2D eigenvalue weighted by molar-refractivity contribution is 9.10. The van der Waals surface area contributed by atoms with Crippen LogP contribution in [-0.4, -0.2) is 7.05 Å². The van der Waals surface area contributed by atoms with Crippen LogP contribution in [0.3, 0.4) is 0 Å². The average Bonchev–Trinajstić information content (AvgIpc) is 1.88. The van der Waals surface area contributed by atoms with E-state index < -0.39 is 0 Å². The molecule has 3 heteroatoms. The van der Waals surface area contributed by atoms with Crippen molar-refractivity contribution in [1.82, 2.24) is 0 Å². The molecule has 0 saturated heterocycles. The van der Waals surface area contributed by atoms with Crippen LogP contribution in [0.25, 0.3) is 0 Å². The van der Waals surface area contributed by atoms with Gasteiger partial charge < -0.3 is 17.7 Å². The molecule has 11 heavy (non-hydrogen) atoms. The van der Waals surface area contributed by atoms with E-state index in [2.05, 4.69) is 46.5 Å². The van der Waals surface area contributed by atoms with E-state index in [1.54, 1.807) is 0 Å². The molecular weight excluding hydrogens is 225 g/mol. The standard InChI is InChI=1S/C8H10BrN.ClH/c1-10-6-7-3-2-4-8(9)5-7;/h2-5,10H,6H2,1H3;1H. The minimum Gasteiger partial charge on any atom is -1.00 e. The summed E-state index contributed by atoms with van der Waals surface area (Å²) < 4.78 is 1.16. The van der Waals surface area contributed by atoms with Gasteiger partial charge in [0.1, 0.15) is 6.54 Å². The van der Waals surface area contributed by atoms with Gasteiger partial charge in [-0.25, -0.2) is 0 Å². The van der Waals surface area contributed by atoms with Crippen molar-refractivity contribution in [2.45, 2.75) is 6.54 Å². The predicted octanol–water partition coefficient (Wildman–Crippen LogP) is -1.85. The molecule has 1 rings (SSSR count). The van der Waals surface area contributed by atoms with Crippen LogP contribution in [0.5, 0.6) is 0 Å². The molecule has 1 aromatic rings. The van der Waals surface area contributed by atoms with Crippen molar-refractivity contribution in [1.29, 1.82) is 0 Å². The lowest BCUT2D eigenvalue weighted by Gasteiger charge is -1.96. The fraction of sp³-hybridized carbons (Fsp3) is 0.250. The molecule has 0 aromatic heterocycles. The molecule has 0 heterocycles. The molecule has 0 unspecified atom stereocenters. The van der Waals surface area contributed by atoms with Gasteiger partial charge in [-0.15, -0.1) is 0 Å². The van der Waals surface area contributed by atoms with Crippen molar-refractivity contribution in [3.05, 3.63) is 34.3 Å². The van der Waals surface area contributed by atoms with Gasteiger partial charge in [0.15, 0.2) is 0 Å². The Morgan fingerprint density at radius 2 is 2.18 bits per heavy atom. The first-order valence-electron chi connectivity index (χ1n) is 3.35. The minimum absolute atomic E-state index is 0. The summed E-state index contributed by atoms with van der Waals surface area (Å²) in [5.41, 5.74) is 1.36. The monoisotopic (exact) mass is 235 g/mol. The molecule has 62 valence electrons. The maximum Gasteiger partial charge on any atom is 0.101 e. The highest BCUT2D eigenvalue weighted by Crippen LogP contribution is 2.10. The summed E-state index contributed by atoms with van der Waals surface area (Å²) in [5, 5.41) is 2.15. The van der Waals surface area contributed by atoms with E-state index in [0.717, 1.165) is 11.0 Å². The quantitative estimate of drug-likeness (QED) is 0.621. The summed E-state index contributed by atoms with van der Waals surface area (Å²) in [6, 6.07) is 8.37. The smallest absolute Gasteiger partial charge is 0.101 e. The normalized spacial score (nSPS) is 8.91. The van der Waals surface area contributed by atoms with Gasteiger partial charge in [-0.2, -0.15) is 0 Å². The van der Waals surface area contributed by atoms with Crippen LogP contribution in [0.2, 0.25) is 0 Å². The van der Waals surface area contributed by atoms with Crippen molar-refractivity contribution in [3.8, 4) is 0 Å². The molecule has 0 aliphatic carbocycles. The summed E-state index contributed by atoms with van der Waals surface area (Å²) in [5.74, 6) is 0. The second-order valence-corrected chi connectivity index (χ2v) is 3.16. The average molecular weight is 237 g/mol. The van der Waals surface area contributed by atoms with Crippen LogP contribution in [0.1, 0.15) is 5.56 Å². The Morgan fingerprint density at radius 1 is 1.45 bits per heavy atom. The van der Waals surface area contributed by atoms with Gasteiger partial charge in [0.2, 0.25) is 0 Å². The van der Waals surface area contributed by atoms with E-state index in [1.165, 1.54) is 5.56 Å². The number of rotatable bonds is 2. The van der Waals surface area contributed by atoms with E-state index in [1.807, 2.05) is 6.07 Å². The lowest BCUT2D eigenvalue weighted by Crippen LogP contribution is -3.00. The predicted molar refractivity (Wildman–Crippen MR) is 45.7 cm³/mol. The van der Waals surface area contributed by atoms with E-state index in [9.17, 15) is 0 Å². The van der Waals surface area contributed by atoms with Crippen LogP contribution in [0, 0.1) is 0 Å². The molecule has 0 spiro atoms. The zero-order chi connectivity index (χ0) is 7.40. The second kappa shape index (κ2) is 5.58. The first-order valence-corrected chi connectivity index (χ1v) is 4.14. The minimum atomic E-state index is 0. The van der Waals surface area contributed by atoms with Crippen LogP contribution < -0.4 is 17.7 Å². The Morgan fingerprint density at radius 3 is 2.73 bits per heavy atom. The third kappa shape index (κ3) is 3.75. The largest absolute Gasteiger partial charge is 1.00 e. The van der Waals surface area contributed by atoms with Crippen molar-refractivity contribution >= 4 is 15.9 Å². The number of nitrogens with two attached hydrogens (primary N) is 1. The molecule has 0 atom stereocenters. The van der Waals surface area contributed by atoms with E-state index >= 15 is 0 Å². The van der Waals surface area contributed by atoms with E-state index in [4.69, 9.17) is 0 Å². The molecule has 0 bridgehead atoms. The van der Waals surface area contributed by atoms with Gasteiger partial charge in [0.05, 0.1) is 7.05 Å². The van der Waals surface area contributed by atoms with Crippen molar-refractivity contribution in [3.63, 3.8) is 0 Å². The first-order chi connectivity index (χ1) is 4.83. The maximum absolute atomic E-state index is 3.42. The molecule has 0 fully saturated rings. The SMILES string of the molecule is C[NH2+]Cc1cccc(Br)c1.[Cl-]. The number of quaternary nitrogens is 1. The van der Waals surface area contributed by atoms with Crippen molar-refractivity contribution < 1.29 is 17.7 Å². The Balaban J connectivity index is 0.000001000. The van der Waals surface area contributed by atoms with Gasteiger partial charge in [-0.3, -0.25) is 0 Å². The highest BCUT2D eigenvalue weighted by Gasteiger charge is 1.91. The van der Waals surface area contributed by atoms with Gasteiger partial charge in [-0.05, 0) is 12.1 Å². The fourth-order valence-corrected chi connectivity index (χ4v) is 1.35. The van der Waals surface area contributed by atoms with Crippen LogP contribution >= 0.6 is 15.9 Å². The zero-order valence-electron chi connectivity index (χ0n) is 6.35. The summed E-state index contributed by atoms with van der Waals surface area (Å²) in [6.07, 6.45) is 0. The Kier molecular flexibility index (Phi) is 5.56. The number of hydrogen-bond donors (Lipinski definition) is 1. The fourth-order valence-electron chi connectivity index (χ4n) is 0.900. The zero-order valence-corrected chi connectivity index (χ0v) is 8.69. The topological polar surface area (TPSA) is 16.6 Å². The van der Waals surface area contributed by atoms with Crippen molar-refractivity contribution in [2.24, 2.45) is 0 Å². The number of hydrogen-bond acceptors (Lipinski definition) is 0. The molecule has 0 aliphatic rings.